The zero-order valence-corrected chi connectivity index (χ0v) is 13.2. The fraction of sp³-hybridized carbons (Fsp3) is 0.929. The van der Waals surface area contributed by atoms with Gasteiger partial charge in [0.25, 0.3) is 0 Å². The first-order chi connectivity index (χ1) is 9.35. The van der Waals surface area contributed by atoms with E-state index < -0.39 is 9.84 Å². The lowest BCUT2D eigenvalue weighted by Gasteiger charge is -2.24. The van der Waals surface area contributed by atoms with Crippen molar-refractivity contribution in [3.05, 3.63) is 0 Å². The number of carbonyl (C=O) groups is 1. The van der Waals surface area contributed by atoms with E-state index in [2.05, 4.69) is 10.6 Å². The molecule has 1 saturated carbocycles. The Morgan fingerprint density at radius 2 is 2.05 bits per heavy atom. The average molecular weight is 302 g/mol. The van der Waals surface area contributed by atoms with E-state index in [9.17, 15) is 13.2 Å². The average Bonchev–Trinajstić information content (AvgIpc) is 2.79. The molecular formula is C14H26N2O3S. The van der Waals surface area contributed by atoms with Crippen LogP contribution in [0.2, 0.25) is 0 Å². The summed E-state index contributed by atoms with van der Waals surface area (Å²) in [5.74, 6) is 0.795. The predicted octanol–water partition coefficient (Wildman–Crippen LogP) is 0.847. The van der Waals surface area contributed by atoms with E-state index >= 15 is 0 Å². The standard InChI is InChI=1S/C14H26N2O3S/c1-10(7-8-20(2,18)19)15-14(17)13-9-11-5-3-4-6-12(11)16-13/h10-13,16H,3-9H2,1-2H3,(H,15,17)/t10-,11+,12+,13+/m1/s1. The summed E-state index contributed by atoms with van der Waals surface area (Å²) < 4.78 is 22.2. The molecule has 116 valence electrons. The van der Waals surface area contributed by atoms with Gasteiger partial charge in [-0.25, -0.2) is 8.42 Å². The van der Waals surface area contributed by atoms with Gasteiger partial charge in [0.1, 0.15) is 9.84 Å². The number of nitrogens with one attached hydrogen (secondary N) is 2. The topological polar surface area (TPSA) is 75.3 Å². The van der Waals surface area contributed by atoms with Crippen molar-refractivity contribution in [2.24, 2.45) is 5.92 Å². The first-order valence-corrected chi connectivity index (χ1v) is 9.65. The third-order valence-electron chi connectivity index (χ3n) is 4.49. The normalized spacial score (nSPS) is 31.6. The second-order valence-electron chi connectivity index (χ2n) is 6.43. The lowest BCUT2D eigenvalue weighted by Crippen LogP contribution is -2.46. The van der Waals surface area contributed by atoms with Crippen LogP contribution in [0.25, 0.3) is 0 Å². The highest BCUT2D eigenvalue weighted by Gasteiger charge is 2.38. The van der Waals surface area contributed by atoms with Gasteiger partial charge in [-0.05, 0) is 38.5 Å². The molecule has 0 spiro atoms. The summed E-state index contributed by atoms with van der Waals surface area (Å²) >= 11 is 0. The highest BCUT2D eigenvalue weighted by atomic mass is 32.2. The highest BCUT2D eigenvalue weighted by molar-refractivity contribution is 7.90. The summed E-state index contributed by atoms with van der Waals surface area (Å²) in [4.78, 5) is 12.2. The van der Waals surface area contributed by atoms with Gasteiger partial charge < -0.3 is 10.6 Å². The fourth-order valence-electron chi connectivity index (χ4n) is 3.33. The maximum Gasteiger partial charge on any atom is 0.237 e. The Kier molecular flexibility index (Phi) is 5.07. The Morgan fingerprint density at radius 1 is 1.35 bits per heavy atom. The molecule has 1 saturated heterocycles. The Balaban J connectivity index is 1.77. The minimum absolute atomic E-state index is 0.0281. The second-order valence-corrected chi connectivity index (χ2v) is 8.69. The van der Waals surface area contributed by atoms with Gasteiger partial charge in [-0.15, -0.1) is 0 Å². The van der Waals surface area contributed by atoms with Crippen molar-refractivity contribution in [1.82, 2.24) is 10.6 Å². The van der Waals surface area contributed by atoms with Gasteiger partial charge in [-0.2, -0.15) is 0 Å². The van der Waals surface area contributed by atoms with Crippen LogP contribution < -0.4 is 10.6 Å². The molecule has 4 atom stereocenters. The Labute approximate surface area is 121 Å². The van der Waals surface area contributed by atoms with Crippen LogP contribution >= 0.6 is 0 Å². The molecule has 0 bridgehead atoms. The minimum atomic E-state index is -2.96. The molecule has 0 radical (unpaired) electrons. The van der Waals surface area contributed by atoms with Crippen LogP contribution in [0.5, 0.6) is 0 Å². The maximum atomic E-state index is 12.2. The zero-order chi connectivity index (χ0) is 14.8. The lowest BCUT2D eigenvalue weighted by atomic mass is 9.85. The number of rotatable bonds is 5. The van der Waals surface area contributed by atoms with Crippen LogP contribution in [0, 0.1) is 5.92 Å². The quantitative estimate of drug-likeness (QED) is 0.789. The summed E-state index contributed by atoms with van der Waals surface area (Å²) in [6.45, 7) is 1.87. The number of carbonyl (C=O) groups excluding carboxylic acids is 1. The first kappa shape index (κ1) is 15.8. The van der Waals surface area contributed by atoms with Gasteiger partial charge in [0.05, 0.1) is 11.8 Å². The molecule has 20 heavy (non-hydrogen) atoms. The van der Waals surface area contributed by atoms with Crippen LogP contribution in [-0.4, -0.2) is 44.5 Å². The number of fused-ring (bicyclic) bond motifs is 1. The van der Waals surface area contributed by atoms with Crippen molar-refractivity contribution in [3.8, 4) is 0 Å². The van der Waals surface area contributed by atoms with Gasteiger partial charge in [0, 0.05) is 18.3 Å². The van der Waals surface area contributed by atoms with Crippen molar-refractivity contribution >= 4 is 15.7 Å². The van der Waals surface area contributed by atoms with Crippen LogP contribution in [0.4, 0.5) is 0 Å². The lowest BCUT2D eigenvalue weighted by molar-refractivity contribution is -0.123. The third-order valence-corrected chi connectivity index (χ3v) is 5.47. The monoisotopic (exact) mass is 302 g/mol. The minimum Gasteiger partial charge on any atom is -0.352 e. The van der Waals surface area contributed by atoms with E-state index in [1.807, 2.05) is 6.92 Å². The molecule has 2 rings (SSSR count). The van der Waals surface area contributed by atoms with E-state index in [1.54, 1.807) is 0 Å². The molecule has 0 aromatic carbocycles. The van der Waals surface area contributed by atoms with Crippen LogP contribution in [0.15, 0.2) is 0 Å². The largest absolute Gasteiger partial charge is 0.352 e. The number of hydrogen-bond acceptors (Lipinski definition) is 4. The molecule has 2 fully saturated rings. The van der Waals surface area contributed by atoms with E-state index in [1.165, 1.54) is 31.9 Å². The molecular weight excluding hydrogens is 276 g/mol. The van der Waals surface area contributed by atoms with Gasteiger partial charge in [-0.1, -0.05) is 12.8 Å². The van der Waals surface area contributed by atoms with Gasteiger partial charge in [0.15, 0.2) is 0 Å². The van der Waals surface area contributed by atoms with Crippen LogP contribution in [0.1, 0.15) is 45.4 Å². The molecule has 2 N–H and O–H groups in total. The summed E-state index contributed by atoms with van der Waals surface area (Å²) in [5, 5.41) is 6.38. The summed E-state index contributed by atoms with van der Waals surface area (Å²) in [6, 6.07) is 0.316. The van der Waals surface area contributed by atoms with Crippen LogP contribution in [0.3, 0.4) is 0 Å². The molecule has 1 aliphatic carbocycles. The zero-order valence-electron chi connectivity index (χ0n) is 12.4. The number of amides is 1. The fourth-order valence-corrected chi connectivity index (χ4v) is 4.11. The van der Waals surface area contributed by atoms with Crippen molar-refractivity contribution in [2.75, 3.05) is 12.0 Å². The Hall–Kier alpha value is -0.620. The van der Waals surface area contributed by atoms with Gasteiger partial charge in [-0.3, -0.25) is 4.79 Å². The van der Waals surface area contributed by atoms with Crippen molar-refractivity contribution < 1.29 is 13.2 Å². The molecule has 0 aromatic rings. The van der Waals surface area contributed by atoms with E-state index in [0.29, 0.717) is 18.4 Å². The smallest absolute Gasteiger partial charge is 0.237 e. The van der Waals surface area contributed by atoms with E-state index in [4.69, 9.17) is 0 Å². The summed E-state index contributed by atoms with van der Waals surface area (Å²) in [5.41, 5.74) is 0. The highest BCUT2D eigenvalue weighted by Crippen LogP contribution is 2.33. The molecule has 0 aromatic heterocycles. The number of sulfone groups is 1. The summed E-state index contributed by atoms with van der Waals surface area (Å²) in [6.07, 6.45) is 7.57. The third kappa shape index (κ3) is 4.45. The van der Waals surface area contributed by atoms with E-state index in [0.717, 1.165) is 6.42 Å². The maximum absolute atomic E-state index is 12.2. The Bertz CT molecular complexity index is 435. The molecule has 1 aliphatic heterocycles. The molecule has 5 nitrogen and oxygen atoms in total. The Morgan fingerprint density at radius 3 is 2.70 bits per heavy atom. The molecule has 0 unspecified atom stereocenters. The van der Waals surface area contributed by atoms with E-state index in [-0.39, 0.29) is 23.7 Å². The van der Waals surface area contributed by atoms with Crippen molar-refractivity contribution in [2.45, 2.75) is 63.6 Å². The van der Waals surface area contributed by atoms with Gasteiger partial charge >= 0.3 is 0 Å². The molecule has 1 heterocycles. The molecule has 2 aliphatic rings. The number of hydrogen-bond donors (Lipinski definition) is 2. The van der Waals surface area contributed by atoms with Crippen LogP contribution in [-0.2, 0) is 14.6 Å². The van der Waals surface area contributed by atoms with Crippen molar-refractivity contribution in [1.29, 1.82) is 0 Å². The first-order valence-electron chi connectivity index (χ1n) is 7.59. The van der Waals surface area contributed by atoms with Crippen molar-refractivity contribution in [3.63, 3.8) is 0 Å². The van der Waals surface area contributed by atoms with Gasteiger partial charge in [0.2, 0.25) is 5.91 Å². The second kappa shape index (κ2) is 6.43. The predicted molar refractivity (Wildman–Crippen MR) is 79.2 cm³/mol. The molecule has 1 amide bonds. The summed E-state index contributed by atoms with van der Waals surface area (Å²) in [7, 11) is -2.96. The SMILES string of the molecule is C[C@H](CCS(C)(=O)=O)NC(=O)[C@@H]1C[C@@H]2CCCC[C@@H]2N1. The molecule has 6 heteroatoms.